The van der Waals surface area contributed by atoms with Gasteiger partial charge >= 0.3 is 0 Å². The Morgan fingerprint density at radius 3 is 2.68 bits per heavy atom. The van der Waals surface area contributed by atoms with Crippen molar-refractivity contribution in [2.24, 2.45) is 0 Å². The summed E-state index contributed by atoms with van der Waals surface area (Å²) in [5, 5.41) is 13.9. The van der Waals surface area contributed by atoms with Crippen molar-refractivity contribution in [3.05, 3.63) is 83.8 Å². The summed E-state index contributed by atoms with van der Waals surface area (Å²) in [7, 11) is 0. The predicted octanol–water partition coefficient (Wildman–Crippen LogP) is 4.54. The van der Waals surface area contributed by atoms with E-state index < -0.39 is 0 Å². The molecule has 128 valence electrons. The molecule has 4 heteroatoms. The van der Waals surface area contributed by atoms with Gasteiger partial charge in [0.1, 0.15) is 0 Å². The molecule has 0 bridgehead atoms. The highest BCUT2D eigenvalue weighted by atomic mass is 16.5. The Balaban J connectivity index is 1.82. The lowest BCUT2D eigenvalue weighted by Crippen LogP contribution is -2.18. The topological polar surface area (TPSA) is 49.8 Å². The summed E-state index contributed by atoms with van der Waals surface area (Å²) >= 11 is 0. The first kappa shape index (κ1) is 17.0. The molecule has 4 nitrogen and oxygen atoms in total. The molecule has 2 aromatic carbocycles. The van der Waals surface area contributed by atoms with E-state index >= 15 is 0 Å². The van der Waals surface area contributed by atoms with Gasteiger partial charge < -0.3 is 4.74 Å². The minimum Gasteiger partial charge on any atom is -0.490 e. The molecule has 0 aliphatic heterocycles. The van der Waals surface area contributed by atoms with Crippen molar-refractivity contribution in [1.29, 1.82) is 0 Å². The Morgan fingerprint density at radius 2 is 1.92 bits per heavy atom. The Labute approximate surface area is 147 Å². The monoisotopic (exact) mass is 335 g/mol. The van der Waals surface area contributed by atoms with Gasteiger partial charge in [-0.05, 0) is 60.1 Å². The lowest BCUT2D eigenvalue weighted by Gasteiger charge is -2.22. The summed E-state index contributed by atoms with van der Waals surface area (Å²) in [6.45, 7) is 4.18. The molecule has 0 spiro atoms. The summed E-state index contributed by atoms with van der Waals surface area (Å²) in [5.41, 5.74) is 1.71. The fourth-order valence-electron chi connectivity index (χ4n) is 2.76. The molecule has 1 N–H and O–H groups in total. The van der Waals surface area contributed by atoms with Crippen molar-refractivity contribution >= 4 is 16.6 Å². The van der Waals surface area contributed by atoms with Gasteiger partial charge in [0.2, 0.25) is 5.78 Å². The number of ether oxygens (including phenoxy) is 1. The van der Waals surface area contributed by atoms with Crippen molar-refractivity contribution in [1.82, 2.24) is 5.06 Å². The van der Waals surface area contributed by atoms with E-state index in [0.29, 0.717) is 17.9 Å². The number of hydroxylamine groups is 2. The van der Waals surface area contributed by atoms with Crippen molar-refractivity contribution < 1.29 is 14.7 Å². The molecule has 0 heterocycles. The minimum absolute atomic E-state index is 0.161. The molecule has 2 aromatic rings. The van der Waals surface area contributed by atoms with Gasteiger partial charge in [-0.25, -0.2) is 0 Å². The van der Waals surface area contributed by atoms with Gasteiger partial charge in [0.25, 0.3) is 0 Å². The summed E-state index contributed by atoms with van der Waals surface area (Å²) in [6, 6.07) is 14.0. The van der Waals surface area contributed by atoms with Crippen LogP contribution in [0.4, 0.5) is 0 Å². The quantitative estimate of drug-likeness (QED) is 0.815. The van der Waals surface area contributed by atoms with Crippen LogP contribution in [0.2, 0.25) is 0 Å². The SMILES string of the molecule is CCOC1=C/C(=C/N(O)C(C)c2ccc3ccccc3c2)C=CC1=O. The summed E-state index contributed by atoms with van der Waals surface area (Å²) in [5.74, 6) is 0.133. The molecular weight excluding hydrogens is 314 g/mol. The lowest BCUT2D eigenvalue weighted by molar-refractivity contribution is -0.114. The number of benzene rings is 2. The molecule has 1 atom stereocenters. The number of hydrogen-bond acceptors (Lipinski definition) is 4. The number of rotatable bonds is 5. The zero-order valence-electron chi connectivity index (χ0n) is 14.3. The van der Waals surface area contributed by atoms with E-state index in [4.69, 9.17) is 4.74 Å². The highest BCUT2D eigenvalue weighted by Gasteiger charge is 2.15. The van der Waals surface area contributed by atoms with E-state index in [1.807, 2.05) is 32.0 Å². The van der Waals surface area contributed by atoms with Gasteiger partial charge in [-0.2, -0.15) is 0 Å². The molecule has 25 heavy (non-hydrogen) atoms. The third-order valence-corrected chi connectivity index (χ3v) is 4.20. The van der Waals surface area contributed by atoms with E-state index in [2.05, 4.69) is 24.3 Å². The summed E-state index contributed by atoms with van der Waals surface area (Å²) in [6.07, 6.45) is 6.36. The first-order valence-corrected chi connectivity index (χ1v) is 8.33. The number of carbonyl (C=O) groups excluding carboxylic acids is 1. The lowest BCUT2D eigenvalue weighted by atomic mass is 10.0. The van der Waals surface area contributed by atoms with Gasteiger partial charge in [-0.15, -0.1) is 0 Å². The van der Waals surface area contributed by atoms with Gasteiger partial charge in [0, 0.05) is 6.20 Å². The summed E-state index contributed by atoms with van der Waals surface area (Å²) in [4.78, 5) is 11.7. The van der Waals surface area contributed by atoms with E-state index in [0.717, 1.165) is 16.0 Å². The van der Waals surface area contributed by atoms with E-state index in [1.54, 1.807) is 18.4 Å². The highest BCUT2D eigenvalue weighted by Crippen LogP contribution is 2.25. The third-order valence-electron chi connectivity index (χ3n) is 4.20. The van der Waals surface area contributed by atoms with Crippen molar-refractivity contribution in [2.75, 3.05) is 6.61 Å². The van der Waals surface area contributed by atoms with Crippen LogP contribution >= 0.6 is 0 Å². The molecule has 0 saturated heterocycles. The molecule has 0 fully saturated rings. The number of carbonyl (C=O) groups is 1. The molecule has 0 radical (unpaired) electrons. The second-order valence-corrected chi connectivity index (χ2v) is 5.93. The van der Waals surface area contributed by atoms with Crippen LogP contribution in [0.1, 0.15) is 25.5 Å². The smallest absolute Gasteiger partial charge is 0.220 e. The van der Waals surface area contributed by atoms with Crippen LogP contribution in [0.5, 0.6) is 0 Å². The molecular formula is C21H21NO3. The second kappa shape index (κ2) is 7.36. The average Bonchev–Trinajstić information content (AvgIpc) is 2.63. The van der Waals surface area contributed by atoms with Crippen molar-refractivity contribution in [3.8, 4) is 0 Å². The first-order valence-electron chi connectivity index (χ1n) is 8.33. The molecule has 0 amide bonds. The maximum Gasteiger partial charge on any atom is 0.220 e. The Morgan fingerprint density at radius 1 is 1.16 bits per heavy atom. The number of hydrogen-bond donors (Lipinski definition) is 1. The molecule has 1 unspecified atom stereocenters. The van der Waals surface area contributed by atoms with Crippen molar-refractivity contribution in [3.63, 3.8) is 0 Å². The van der Waals surface area contributed by atoms with Crippen LogP contribution < -0.4 is 0 Å². The number of allylic oxidation sites excluding steroid dienone is 4. The van der Waals surface area contributed by atoms with Crippen LogP contribution in [0.15, 0.2) is 78.2 Å². The van der Waals surface area contributed by atoms with Crippen LogP contribution in [0, 0.1) is 0 Å². The van der Waals surface area contributed by atoms with E-state index in [1.165, 1.54) is 11.5 Å². The highest BCUT2D eigenvalue weighted by molar-refractivity contribution is 6.04. The molecule has 0 aromatic heterocycles. The fourth-order valence-corrected chi connectivity index (χ4v) is 2.76. The zero-order valence-corrected chi connectivity index (χ0v) is 14.3. The Hall–Kier alpha value is -2.85. The second-order valence-electron chi connectivity index (χ2n) is 5.93. The largest absolute Gasteiger partial charge is 0.490 e. The number of nitrogens with zero attached hydrogens (tertiary/aromatic N) is 1. The normalized spacial score (nSPS) is 16.8. The Bertz CT molecular complexity index is 880. The maximum absolute atomic E-state index is 11.7. The fraction of sp³-hybridized carbons (Fsp3) is 0.190. The van der Waals surface area contributed by atoms with Crippen molar-refractivity contribution in [2.45, 2.75) is 19.9 Å². The van der Waals surface area contributed by atoms with Gasteiger partial charge in [-0.1, -0.05) is 36.4 Å². The van der Waals surface area contributed by atoms with Gasteiger partial charge in [0.15, 0.2) is 5.76 Å². The van der Waals surface area contributed by atoms with Gasteiger partial charge in [-0.3, -0.25) is 15.1 Å². The zero-order chi connectivity index (χ0) is 17.8. The maximum atomic E-state index is 11.7. The molecule has 1 aliphatic rings. The van der Waals surface area contributed by atoms with Gasteiger partial charge in [0.05, 0.1) is 12.6 Å². The molecule has 0 saturated carbocycles. The van der Waals surface area contributed by atoms with E-state index in [-0.39, 0.29) is 11.8 Å². The average molecular weight is 335 g/mol. The van der Waals surface area contributed by atoms with Crippen LogP contribution in [-0.4, -0.2) is 22.7 Å². The predicted molar refractivity (Wildman–Crippen MR) is 97.9 cm³/mol. The molecule has 3 rings (SSSR count). The van der Waals surface area contributed by atoms with E-state index in [9.17, 15) is 10.0 Å². The van der Waals surface area contributed by atoms with Crippen LogP contribution in [-0.2, 0) is 9.53 Å². The first-order chi connectivity index (χ1) is 12.1. The standard InChI is InChI=1S/C21H21NO3/c1-3-25-21-12-16(8-11-20(21)23)14-22(24)15(2)18-10-9-17-6-4-5-7-19(17)13-18/h4-15,24H,3H2,1-2H3/b16-14+. The van der Waals surface area contributed by atoms with Crippen LogP contribution in [0.25, 0.3) is 10.8 Å². The van der Waals surface area contributed by atoms with Crippen LogP contribution in [0.3, 0.4) is 0 Å². The molecule has 1 aliphatic carbocycles. The Kier molecular flexibility index (Phi) is 5.00. The number of fused-ring (bicyclic) bond motifs is 1. The third kappa shape index (κ3) is 3.80. The minimum atomic E-state index is -0.230. The number of ketones is 1. The summed E-state index contributed by atoms with van der Waals surface area (Å²) < 4.78 is 5.32.